The summed E-state index contributed by atoms with van der Waals surface area (Å²) in [5, 5.41) is 0. The number of halogens is 2. The largest absolute Gasteiger partial charge is 0.337 e. The number of carbonyl (C=O) groups excluding carboxylic acids is 2. The quantitative estimate of drug-likeness (QED) is 0.767. The highest BCUT2D eigenvalue weighted by Crippen LogP contribution is 2.17. The van der Waals surface area contributed by atoms with E-state index in [1.54, 1.807) is 6.92 Å². The molecule has 1 aliphatic heterocycles. The third kappa shape index (κ3) is 2.39. The van der Waals surface area contributed by atoms with E-state index in [4.69, 9.17) is 0 Å². The highest BCUT2D eigenvalue weighted by Gasteiger charge is 2.28. The van der Waals surface area contributed by atoms with Crippen molar-refractivity contribution in [3.8, 4) is 0 Å². The number of ketones is 1. The van der Waals surface area contributed by atoms with Crippen LogP contribution in [0.5, 0.6) is 0 Å². The predicted molar refractivity (Wildman–Crippen MR) is 61.0 cm³/mol. The van der Waals surface area contributed by atoms with Crippen molar-refractivity contribution in [2.24, 2.45) is 5.92 Å². The molecule has 5 heteroatoms. The number of rotatable bonds is 1. The molecule has 1 fully saturated rings. The molecule has 0 N–H and O–H groups in total. The molecule has 1 amide bonds. The van der Waals surface area contributed by atoms with E-state index in [-0.39, 0.29) is 30.2 Å². The molecule has 1 atom stereocenters. The average molecular weight is 253 g/mol. The standard InChI is InChI=1S/C13H13F2NO2/c1-8-7-16(5-4-12(8)17)13(18)10-3-2-9(14)6-11(10)15/h2-3,6,8H,4-5,7H2,1H3. The number of hydrogen-bond donors (Lipinski definition) is 0. The average Bonchev–Trinajstić information content (AvgIpc) is 2.32. The summed E-state index contributed by atoms with van der Waals surface area (Å²) < 4.78 is 26.2. The summed E-state index contributed by atoms with van der Waals surface area (Å²) in [5.41, 5.74) is -0.155. The SMILES string of the molecule is CC1CN(C(=O)c2ccc(F)cc2F)CCC1=O. The lowest BCUT2D eigenvalue weighted by atomic mass is 9.98. The Morgan fingerprint density at radius 2 is 2.11 bits per heavy atom. The molecule has 1 aliphatic rings. The second kappa shape index (κ2) is 4.84. The van der Waals surface area contributed by atoms with Gasteiger partial charge in [0.2, 0.25) is 0 Å². The van der Waals surface area contributed by atoms with E-state index in [1.165, 1.54) is 4.90 Å². The van der Waals surface area contributed by atoms with Crippen molar-refractivity contribution in [2.75, 3.05) is 13.1 Å². The van der Waals surface area contributed by atoms with Gasteiger partial charge in [-0.1, -0.05) is 6.92 Å². The van der Waals surface area contributed by atoms with E-state index in [9.17, 15) is 18.4 Å². The molecule has 2 rings (SSSR count). The third-order valence-corrected chi connectivity index (χ3v) is 3.12. The van der Waals surface area contributed by atoms with Gasteiger partial charge in [-0.2, -0.15) is 0 Å². The van der Waals surface area contributed by atoms with Crippen molar-refractivity contribution >= 4 is 11.7 Å². The number of carbonyl (C=O) groups is 2. The molecule has 3 nitrogen and oxygen atoms in total. The Balaban J connectivity index is 2.19. The van der Waals surface area contributed by atoms with Crippen LogP contribution < -0.4 is 0 Å². The molecule has 1 saturated heterocycles. The zero-order chi connectivity index (χ0) is 13.3. The fourth-order valence-corrected chi connectivity index (χ4v) is 2.03. The first-order chi connectivity index (χ1) is 8.49. The van der Waals surface area contributed by atoms with E-state index in [0.29, 0.717) is 12.6 Å². The van der Waals surface area contributed by atoms with Crippen molar-refractivity contribution in [3.63, 3.8) is 0 Å². The minimum atomic E-state index is -0.871. The minimum Gasteiger partial charge on any atom is -0.337 e. The van der Waals surface area contributed by atoms with Crippen molar-refractivity contribution in [1.29, 1.82) is 0 Å². The monoisotopic (exact) mass is 253 g/mol. The highest BCUT2D eigenvalue weighted by molar-refractivity contribution is 5.96. The van der Waals surface area contributed by atoms with Gasteiger partial charge in [0.25, 0.3) is 5.91 Å². The first-order valence-electron chi connectivity index (χ1n) is 5.76. The fraction of sp³-hybridized carbons (Fsp3) is 0.385. The van der Waals surface area contributed by atoms with Crippen LogP contribution >= 0.6 is 0 Å². The number of hydrogen-bond acceptors (Lipinski definition) is 2. The Bertz CT molecular complexity index is 502. The summed E-state index contributed by atoms with van der Waals surface area (Å²) in [7, 11) is 0. The Hall–Kier alpha value is -1.78. The topological polar surface area (TPSA) is 37.4 Å². The van der Waals surface area contributed by atoms with E-state index < -0.39 is 17.5 Å². The number of benzene rings is 1. The zero-order valence-electron chi connectivity index (χ0n) is 9.95. The summed E-state index contributed by atoms with van der Waals surface area (Å²) in [6.45, 7) is 2.32. The number of nitrogens with zero attached hydrogens (tertiary/aromatic N) is 1. The van der Waals surface area contributed by atoms with Gasteiger partial charge >= 0.3 is 0 Å². The second-order valence-corrected chi connectivity index (χ2v) is 4.49. The van der Waals surface area contributed by atoms with Crippen LogP contribution in [-0.2, 0) is 4.79 Å². The van der Waals surface area contributed by atoms with Crippen molar-refractivity contribution in [1.82, 2.24) is 4.90 Å². The van der Waals surface area contributed by atoms with E-state index in [2.05, 4.69) is 0 Å². The van der Waals surface area contributed by atoms with Crippen LogP contribution in [0.2, 0.25) is 0 Å². The Kier molecular flexibility index (Phi) is 3.41. The summed E-state index contributed by atoms with van der Waals surface area (Å²) in [5.74, 6) is -2.20. The Labute approximate surface area is 103 Å². The summed E-state index contributed by atoms with van der Waals surface area (Å²) >= 11 is 0. The fourth-order valence-electron chi connectivity index (χ4n) is 2.03. The molecule has 18 heavy (non-hydrogen) atoms. The van der Waals surface area contributed by atoms with Gasteiger partial charge in [0.1, 0.15) is 17.4 Å². The molecule has 96 valence electrons. The number of piperidine rings is 1. The maximum absolute atomic E-state index is 13.5. The molecule has 1 unspecified atom stereocenters. The molecule has 0 spiro atoms. The molecular weight excluding hydrogens is 240 g/mol. The lowest BCUT2D eigenvalue weighted by Crippen LogP contribution is -2.43. The van der Waals surface area contributed by atoms with Crippen LogP contribution in [0.15, 0.2) is 18.2 Å². The Morgan fingerprint density at radius 3 is 2.72 bits per heavy atom. The minimum absolute atomic E-state index is 0.110. The first kappa shape index (κ1) is 12.7. The molecular formula is C13H13F2NO2. The number of amides is 1. The third-order valence-electron chi connectivity index (χ3n) is 3.12. The normalized spacial score (nSPS) is 20.1. The van der Waals surface area contributed by atoms with Gasteiger partial charge in [-0.15, -0.1) is 0 Å². The van der Waals surface area contributed by atoms with Gasteiger partial charge in [0.05, 0.1) is 5.56 Å². The number of Topliss-reactive ketones (excluding diaryl/α,β-unsaturated/α-hetero) is 1. The Morgan fingerprint density at radius 1 is 1.39 bits per heavy atom. The summed E-state index contributed by atoms with van der Waals surface area (Å²) in [6.07, 6.45) is 0.287. The lowest BCUT2D eigenvalue weighted by molar-refractivity contribution is -0.124. The maximum Gasteiger partial charge on any atom is 0.256 e. The molecule has 0 aliphatic carbocycles. The van der Waals surface area contributed by atoms with Gasteiger partial charge in [0.15, 0.2) is 0 Å². The molecule has 0 bridgehead atoms. The van der Waals surface area contributed by atoms with Crippen LogP contribution in [-0.4, -0.2) is 29.7 Å². The van der Waals surface area contributed by atoms with Crippen LogP contribution in [0.3, 0.4) is 0 Å². The number of likely N-dealkylation sites (tertiary alicyclic amines) is 1. The van der Waals surface area contributed by atoms with Gasteiger partial charge in [-0.05, 0) is 12.1 Å². The molecule has 0 aromatic heterocycles. The molecule has 1 aromatic carbocycles. The first-order valence-corrected chi connectivity index (χ1v) is 5.76. The van der Waals surface area contributed by atoms with Gasteiger partial charge in [0, 0.05) is 31.5 Å². The van der Waals surface area contributed by atoms with E-state index in [0.717, 1.165) is 12.1 Å². The molecule has 0 saturated carbocycles. The van der Waals surface area contributed by atoms with Gasteiger partial charge in [-0.3, -0.25) is 9.59 Å². The summed E-state index contributed by atoms with van der Waals surface area (Å²) in [6, 6.07) is 2.87. The van der Waals surface area contributed by atoms with Gasteiger partial charge in [-0.25, -0.2) is 8.78 Å². The van der Waals surface area contributed by atoms with E-state index in [1.807, 2.05) is 0 Å². The lowest BCUT2D eigenvalue weighted by Gasteiger charge is -2.30. The maximum atomic E-state index is 13.5. The van der Waals surface area contributed by atoms with Crippen molar-refractivity contribution in [2.45, 2.75) is 13.3 Å². The smallest absolute Gasteiger partial charge is 0.256 e. The van der Waals surface area contributed by atoms with E-state index >= 15 is 0 Å². The van der Waals surface area contributed by atoms with Gasteiger partial charge < -0.3 is 4.90 Å². The molecule has 1 heterocycles. The summed E-state index contributed by atoms with van der Waals surface area (Å²) in [4.78, 5) is 24.8. The highest BCUT2D eigenvalue weighted by atomic mass is 19.1. The van der Waals surface area contributed by atoms with Crippen molar-refractivity contribution in [3.05, 3.63) is 35.4 Å². The molecule has 1 aromatic rings. The molecule has 0 radical (unpaired) electrons. The van der Waals surface area contributed by atoms with Crippen LogP contribution in [0.25, 0.3) is 0 Å². The van der Waals surface area contributed by atoms with Crippen molar-refractivity contribution < 1.29 is 18.4 Å². The second-order valence-electron chi connectivity index (χ2n) is 4.49. The van der Waals surface area contributed by atoms with Crippen LogP contribution in [0, 0.1) is 17.6 Å². The zero-order valence-corrected chi connectivity index (χ0v) is 9.95. The van der Waals surface area contributed by atoms with Crippen LogP contribution in [0.4, 0.5) is 8.78 Å². The van der Waals surface area contributed by atoms with Crippen LogP contribution in [0.1, 0.15) is 23.7 Å². The predicted octanol–water partition coefficient (Wildman–Crippen LogP) is 2.02.